The lowest BCUT2D eigenvalue weighted by molar-refractivity contribution is -0.159. The Kier molecular flexibility index (Phi) is 6.57. The predicted molar refractivity (Wildman–Crippen MR) is 94.3 cm³/mol. The fourth-order valence-electron chi connectivity index (χ4n) is 2.44. The molecule has 0 fully saturated rings. The Bertz CT molecular complexity index is 791. The Labute approximate surface area is 151 Å². The summed E-state index contributed by atoms with van der Waals surface area (Å²) in [7, 11) is 0. The highest BCUT2D eigenvalue weighted by Crippen LogP contribution is 2.32. The van der Waals surface area contributed by atoms with E-state index in [-0.39, 0.29) is 0 Å². The van der Waals surface area contributed by atoms with E-state index in [0.29, 0.717) is 6.79 Å². The fourth-order valence-corrected chi connectivity index (χ4v) is 2.44. The van der Waals surface area contributed by atoms with E-state index in [1.54, 1.807) is 0 Å². The minimum atomic E-state index is -1.82. The van der Waals surface area contributed by atoms with E-state index in [4.69, 9.17) is 29.3 Å². The van der Waals surface area contributed by atoms with Crippen molar-refractivity contribution in [3.05, 3.63) is 58.7 Å². The quantitative estimate of drug-likeness (QED) is 0.720. The van der Waals surface area contributed by atoms with Gasteiger partial charge in [0.05, 0.1) is 0 Å². The molecule has 0 spiro atoms. The Hall–Kier alpha value is -3.06. The Morgan fingerprint density at radius 3 is 2.31 bits per heavy atom. The highest BCUT2D eigenvalue weighted by atomic mass is 16.7. The molecule has 0 amide bonds. The summed E-state index contributed by atoms with van der Waals surface area (Å²) in [5, 5.41) is 18.3. The zero-order chi connectivity index (χ0) is 19.1. The summed E-state index contributed by atoms with van der Waals surface area (Å²) in [6.07, 6.45) is 0. The van der Waals surface area contributed by atoms with Crippen molar-refractivity contribution in [3.63, 3.8) is 0 Å². The van der Waals surface area contributed by atoms with Crippen LogP contribution in [0.4, 0.5) is 0 Å². The number of hydrogen-bond donors (Lipinski definition) is 3. The first-order valence-corrected chi connectivity index (χ1v) is 7.98. The Balaban J connectivity index is 0.000000352. The number of nitrogens with one attached hydrogen (secondary N) is 1. The summed E-state index contributed by atoms with van der Waals surface area (Å²) in [5.74, 6) is -1.97. The largest absolute Gasteiger partial charge is 0.473 e. The molecule has 0 aromatic heterocycles. The number of benzene rings is 2. The molecule has 138 valence electrons. The molecule has 3 N–H and O–H groups in total. The van der Waals surface area contributed by atoms with Crippen molar-refractivity contribution < 1.29 is 29.3 Å². The third-order valence-electron chi connectivity index (χ3n) is 3.76. The Morgan fingerprint density at radius 2 is 1.65 bits per heavy atom. The van der Waals surface area contributed by atoms with Gasteiger partial charge in [-0.05, 0) is 42.7 Å². The number of fused-ring (bicyclic) bond motifs is 1. The van der Waals surface area contributed by atoms with Crippen molar-refractivity contribution in [1.82, 2.24) is 5.32 Å². The second kappa shape index (κ2) is 8.87. The second-order valence-corrected chi connectivity index (χ2v) is 5.83. The number of rotatable bonds is 4. The molecule has 0 unspecified atom stereocenters. The zero-order valence-electron chi connectivity index (χ0n) is 14.6. The zero-order valence-corrected chi connectivity index (χ0v) is 14.6. The Morgan fingerprint density at radius 1 is 0.962 bits per heavy atom. The number of aryl methyl sites for hydroxylation is 2. The van der Waals surface area contributed by atoms with E-state index < -0.39 is 11.9 Å². The average Bonchev–Trinajstić information content (AvgIpc) is 3.05. The van der Waals surface area contributed by atoms with Crippen molar-refractivity contribution in [1.29, 1.82) is 0 Å². The van der Waals surface area contributed by atoms with E-state index in [1.807, 2.05) is 12.1 Å². The van der Waals surface area contributed by atoms with Crippen molar-refractivity contribution in [2.75, 3.05) is 6.79 Å². The highest BCUT2D eigenvalue weighted by Gasteiger charge is 2.12. The first-order valence-electron chi connectivity index (χ1n) is 7.98. The topological polar surface area (TPSA) is 105 Å². The van der Waals surface area contributed by atoms with Gasteiger partial charge in [0, 0.05) is 13.1 Å². The van der Waals surface area contributed by atoms with Crippen LogP contribution in [0.2, 0.25) is 0 Å². The average molecular weight is 359 g/mol. The molecule has 0 bridgehead atoms. The van der Waals surface area contributed by atoms with Gasteiger partial charge in [-0.1, -0.05) is 29.8 Å². The molecule has 0 saturated carbocycles. The van der Waals surface area contributed by atoms with Gasteiger partial charge in [0.2, 0.25) is 6.79 Å². The molecule has 0 atom stereocenters. The van der Waals surface area contributed by atoms with Crippen LogP contribution < -0.4 is 14.8 Å². The third kappa shape index (κ3) is 5.49. The van der Waals surface area contributed by atoms with E-state index in [9.17, 15) is 0 Å². The summed E-state index contributed by atoms with van der Waals surface area (Å²) >= 11 is 0. The predicted octanol–water partition coefficient (Wildman–Crippen LogP) is 2.48. The molecule has 0 aliphatic carbocycles. The monoisotopic (exact) mass is 359 g/mol. The van der Waals surface area contributed by atoms with Gasteiger partial charge in [0.15, 0.2) is 11.5 Å². The molecular weight excluding hydrogens is 338 g/mol. The van der Waals surface area contributed by atoms with Crippen LogP contribution in [0.15, 0.2) is 36.4 Å². The smallest absolute Gasteiger partial charge is 0.414 e. The number of carboxylic acids is 2. The minimum absolute atomic E-state index is 0.328. The van der Waals surface area contributed by atoms with E-state index in [1.165, 1.54) is 22.3 Å². The molecule has 2 aromatic rings. The number of ether oxygens (including phenoxy) is 2. The lowest BCUT2D eigenvalue weighted by Gasteiger charge is -2.09. The molecule has 7 heteroatoms. The molecule has 7 nitrogen and oxygen atoms in total. The van der Waals surface area contributed by atoms with Gasteiger partial charge >= 0.3 is 11.9 Å². The number of carbonyl (C=O) groups is 2. The minimum Gasteiger partial charge on any atom is -0.473 e. The summed E-state index contributed by atoms with van der Waals surface area (Å²) in [5.41, 5.74) is 5.19. The van der Waals surface area contributed by atoms with E-state index >= 15 is 0 Å². The van der Waals surface area contributed by atoms with Gasteiger partial charge in [-0.25, -0.2) is 9.59 Å². The maximum absolute atomic E-state index is 9.10. The van der Waals surface area contributed by atoms with Crippen molar-refractivity contribution in [2.45, 2.75) is 26.9 Å². The van der Waals surface area contributed by atoms with Crippen LogP contribution in [0.3, 0.4) is 0 Å². The van der Waals surface area contributed by atoms with Crippen LogP contribution in [0.1, 0.15) is 22.3 Å². The highest BCUT2D eigenvalue weighted by molar-refractivity contribution is 6.27. The van der Waals surface area contributed by atoms with E-state index in [2.05, 4.69) is 43.4 Å². The van der Waals surface area contributed by atoms with Crippen molar-refractivity contribution >= 4 is 11.9 Å². The van der Waals surface area contributed by atoms with Crippen molar-refractivity contribution in [3.8, 4) is 11.5 Å². The molecule has 0 saturated heterocycles. The van der Waals surface area contributed by atoms with Gasteiger partial charge < -0.3 is 25.0 Å². The number of hydrogen-bond acceptors (Lipinski definition) is 5. The van der Waals surface area contributed by atoms with E-state index in [0.717, 1.165) is 24.6 Å². The standard InChI is InChI=1S/C17H19NO2.C2H2O4/c1-12-3-5-15(13(2)7-12)10-18-9-14-4-6-16-17(8-14)20-11-19-16;3-1(4)2(5)6/h3-8,18H,9-11H2,1-2H3;(H,3,4)(H,5,6). The van der Waals surface area contributed by atoms with Crippen LogP contribution in [0.25, 0.3) is 0 Å². The fraction of sp³-hybridized carbons (Fsp3) is 0.263. The molecule has 26 heavy (non-hydrogen) atoms. The summed E-state index contributed by atoms with van der Waals surface area (Å²) in [6.45, 7) is 6.31. The molecule has 1 aliphatic heterocycles. The van der Waals surface area contributed by atoms with Gasteiger partial charge in [-0.15, -0.1) is 0 Å². The normalized spacial score (nSPS) is 11.5. The van der Waals surface area contributed by atoms with Crippen LogP contribution in [0, 0.1) is 13.8 Å². The van der Waals surface area contributed by atoms with Crippen molar-refractivity contribution in [2.24, 2.45) is 0 Å². The first kappa shape index (κ1) is 19.3. The summed E-state index contributed by atoms with van der Waals surface area (Å²) < 4.78 is 10.7. The summed E-state index contributed by atoms with van der Waals surface area (Å²) in [4.78, 5) is 18.2. The van der Waals surface area contributed by atoms with Crippen LogP contribution >= 0.6 is 0 Å². The molecule has 1 aliphatic rings. The van der Waals surface area contributed by atoms with Gasteiger partial charge in [0.1, 0.15) is 0 Å². The molecule has 2 aromatic carbocycles. The van der Waals surface area contributed by atoms with Crippen LogP contribution in [0.5, 0.6) is 11.5 Å². The number of carboxylic acid groups (broad SMARTS) is 2. The van der Waals surface area contributed by atoms with Gasteiger partial charge in [-0.2, -0.15) is 0 Å². The molecular formula is C19H21NO6. The maximum Gasteiger partial charge on any atom is 0.414 e. The van der Waals surface area contributed by atoms with Crippen LogP contribution in [-0.4, -0.2) is 28.9 Å². The van der Waals surface area contributed by atoms with Gasteiger partial charge in [0.25, 0.3) is 0 Å². The molecule has 0 radical (unpaired) electrons. The number of aliphatic carboxylic acids is 2. The second-order valence-electron chi connectivity index (χ2n) is 5.83. The lowest BCUT2D eigenvalue weighted by Crippen LogP contribution is -2.13. The SMILES string of the molecule is Cc1ccc(CNCc2ccc3c(c2)OCO3)c(C)c1.O=C(O)C(=O)O. The van der Waals surface area contributed by atoms with Crippen LogP contribution in [-0.2, 0) is 22.7 Å². The molecule has 3 rings (SSSR count). The first-order chi connectivity index (χ1) is 12.4. The third-order valence-corrected chi connectivity index (χ3v) is 3.76. The maximum atomic E-state index is 9.10. The lowest BCUT2D eigenvalue weighted by atomic mass is 10.1. The summed E-state index contributed by atoms with van der Waals surface area (Å²) in [6, 6.07) is 12.6. The molecule has 1 heterocycles. The van der Waals surface area contributed by atoms with Gasteiger partial charge in [-0.3, -0.25) is 0 Å².